The van der Waals surface area contributed by atoms with Crippen LogP contribution >= 0.6 is 0 Å². The van der Waals surface area contributed by atoms with Gasteiger partial charge in [0.15, 0.2) is 0 Å². The molecule has 3 aromatic rings. The van der Waals surface area contributed by atoms with Crippen LogP contribution in [0.25, 0.3) is 10.9 Å². The molecule has 2 aromatic carbocycles. The van der Waals surface area contributed by atoms with Gasteiger partial charge in [-0.2, -0.15) is 0 Å². The standard InChI is InChI=1S/C10H12.C9H7N.2C2H6/c1-2-6-10-8-4-3-7-9(10)5-1;1-2-6-9-8(4-1)5-3-7-10-9;2*1-2/h1-2,5-6H,3-4,7-8H2;1-7H;2*1-2H3. The Hall–Kier alpha value is -2.15. The summed E-state index contributed by atoms with van der Waals surface area (Å²) in [7, 11) is 0. The van der Waals surface area contributed by atoms with Gasteiger partial charge in [-0.25, -0.2) is 0 Å². The van der Waals surface area contributed by atoms with E-state index in [0.29, 0.717) is 0 Å². The van der Waals surface area contributed by atoms with Gasteiger partial charge in [0.05, 0.1) is 5.52 Å². The van der Waals surface area contributed by atoms with E-state index in [4.69, 9.17) is 0 Å². The highest BCUT2D eigenvalue weighted by atomic mass is 14.6. The molecule has 0 saturated carbocycles. The van der Waals surface area contributed by atoms with Crippen LogP contribution in [-0.4, -0.2) is 4.98 Å². The van der Waals surface area contributed by atoms with E-state index < -0.39 is 0 Å². The molecule has 24 heavy (non-hydrogen) atoms. The maximum Gasteiger partial charge on any atom is 0.0701 e. The molecule has 0 radical (unpaired) electrons. The predicted octanol–water partition coefficient (Wildman–Crippen LogP) is 6.85. The molecule has 0 atom stereocenters. The fourth-order valence-electron chi connectivity index (χ4n) is 2.69. The van der Waals surface area contributed by atoms with Crippen molar-refractivity contribution in [1.82, 2.24) is 4.98 Å². The van der Waals surface area contributed by atoms with Crippen molar-refractivity contribution in [3.05, 3.63) is 78.0 Å². The maximum atomic E-state index is 4.18. The Morgan fingerprint density at radius 3 is 1.71 bits per heavy atom. The SMILES string of the molecule is CC.CC.c1ccc2c(c1)CCCC2.c1ccc2ncccc2c1. The summed E-state index contributed by atoms with van der Waals surface area (Å²) in [6.45, 7) is 8.00. The van der Waals surface area contributed by atoms with Crippen molar-refractivity contribution in [2.45, 2.75) is 53.4 Å². The van der Waals surface area contributed by atoms with Gasteiger partial charge >= 0.3 is 0 Å². The molecular formula is C23H31N. The lowest BCUT2D eigenvalue weighted by Crippen LogP contribution is -2.00. The third-order valence-electron chi connectivity index (χ3n) is 3.77. The summed E-state index contributed by atoms with van der Waals surface area (Å²) in [6, 6.07) is 20.9. The molecule has 0 N–H and O–H groups in total. The smallest absolute Gasteiger partial charge is 0.0701 e. The van der Waals surface area contributed by atoms with Crippen molar-refractivity contribution in [1.29, 1.82) is 0 Å². The first-order chi connectivity index (χ1) is 11.9. The van der Waals surface area contributed by atoms with Crippen LogP contribution in [0.2, 0.25) is 0 Å². The van der Waals surface area contributed by atoms with Crippen LogP contribution in [-0.2, 0) is 12.8 Å². The van der Waals surface area contributed by atoms with Crippen LogP contribution in [0.1, 0.15) is 51.7 Å². The van der Waals surface area contributed by atoms with E-state index in [1.165, 1.54) is 31.1 Å². The Bertz CT molecular complexity index is 598. The molecule has 1 heteroatoms. The fourth-order valence-corrected chi connectivity index (χ4v) is 2.69. The van der Waals surface area contributed by atoms with Crippen molar-refractivity contribution in [2.24, 2.45) is 0 Å². The van der Waals surface area contributed by atoms with E-state index in [1.807, 2.05) is 58.2 Å². The molecule has 1 aliphatic rings. The molecule has 4 rings (SSSR count). The van der Waals surface area contributed by atoms with Crippen molar-refractivity contribution in [3.63, 3.8) is 0 Å². The predicted molar refractivity (Wildman–Crippen MR) is 108 cm³/mol. The third kappa shape index (κ3) is 6.16. The zero-order valence-electron chi connectivity index (χ0n) is 15.6. The van der Waals surface area contributed by atoms with Gasteiger partial charge in [0, 0.05) is 11.6 Å². The third-order valence-corrected chi connectivity index (χ3v) is 3.77. The van der Waals surface area contributed by atoms with Gasteiger partial charge in [-0.05, 0) is 48.9 Å². The van der Waals surface area contributed by atoms with E-state index in [-0.39, 0.29) is 0 Å². The quantitative estimate of drug-likeness (QED) is 0.441. The zero-order chi connectivity index (χ0) is 17.6. The number of benzene rings is 2. The van der Waals surface area contributed by atoms with Crippen LogP contribution in [0, 0.1) is 0 Å². The second-order valence-corrected chi connectivity index (χ2v) is 5.17. The highest BCUT2D eigenvalue weighted by Gasteiger charge is 2.05. The summed E-state index contributed by atoms with van der Waals surface area (Å²) >= 11 is 0. The summed E-state index contributed by atoms with van der Waals surface area (Å²) in [5.41, 5.74) is 4.22. The van der Waals surface area contributed by atoms with Crippen molar-refractivity contribution in [3.8, 4) is 0 Å². The van der Waals surface area contributed by atoms with E-state index in [2.05, 4.69) is 41.4 Å². The number of nitrogens with zero attached hydrogens (tertiary/aromatic N) is 1. The van der Waals surface area contributed by atoms with Gasteiger partial charge in [-0.1, -0.05) is 76.2 Å². The Labute approximate surface area is 147 Å². The first-order valence-corrected chi connectivity index (χ1v) is 9.30. The molecule has 0 fully saturated rings. The van der Waals surface area contributed by atoms with E-state index >= 15 is 0 Å². The van der Waals surface area contributed by atoms with Crippen LogP contribution in [0.5, 0.6) is 0 Å². The monoisotopic (exact) mass is 321 g/mol. The molecule has 0 spiro atoms. The number of para-hydroxylation sites is 1. The number of aromatic nitrogens is 1. The van der Waals surface area contributed by atoms with E-state index in [0.717, 1.165) is 5.52 Å². The summed E-state index contributed by atoms with van der Waals surface area (Å²) in [4.78, 5) is 4.18. The summed E-state index contributed by atoms with van der Waals surface area (Å²) < 4.78 is 0. The largest absolute Gasteiger partial charge is 0.256 e. The minimum Gasteiger partial charge on any atom is -0.256 e. The highest BCUT2D eigenvalue weighted by molar-refractivity contribution is 5.77. The van der Waals surface area contributed by atoms with E-state index in [9.17, 15) is 0 Å². The second kappa shape index (κ2) is 12.3. The molecule has 1 nitrogen and oxygen atoms in total. The van der Waals surface area contributed by atoms with Crippen molar-refractivity contribution < 1.29 is 0 Å². The maximum absolute atomic E-state index is 4.18. The van der Waals surface area contributed by atoms with Crippen molar-refractivity contribution >= 4 is 10.9 Å². The van der Waals surface area contributed by atoms with E-state index in [1.54, 1.807) is 11.1 Å². The van der Waals surface area contributed by atoms with Gasteiger partial charge < -0.3 is 0 Å². The number of aryl methyl sites for hydroxylation is 2. The number of rotatable bonds is 0. The average molecular weight is 322 g/mol. The number of fused-ring (bicyclic) bond motifs is 2. The normalized spacial score (nSPS) is 11.5. The van der Waals surface area contributed by atoms with Crippen LogP contribution in [0.3, 0.4) is 0 Å². The van der Waals surface area contributed by atoms with Gasteiger partial charge in [-0.3, -0.25) is 4.98 Å². The molecule has 0 aliphatic heterocycles. The first-order valence-electron chi connectivity index (χ1n) is 9.30. The minimum atomic E-state index is 1.06. The molecular weight excluding hydrogens is 290 g/mol. The van der Waals surface area contributed by atoms with Gasteiger partial charge in [0.25, 0.3) is 0 Å². The number of hydrogen-bond donors (Lipinski definition) is 0. The lowest BCUT2D eigenvalue weighted by atomic mass is 9.92. The molecule has 0 saturated heterocycles. The Morgan fingerprint density at radius 2 is 1.12 bits per heavy atom. The van der Waals surface area contributed by atoms with Gasteiger partial charge in [0.1, 0.15) is 0 Å². The number of hydrogen-bond acceptors (Lipinski definition) is 1. The summed E-state index contributed by atoms with van der Waals surface area (Å²) in [5.74, 6) is 0. The van der Waals surface area contributed by atoms with Crippen LogP contribution < -0.4 is 0 Å². The average Bonchev–Trinajstić information content (AvgIpc) is 2.72. The summed E-state index contributed by atoms with van der Waals surface area (Å²) in [6.07, 6.45) is 7.18. The minimum absolute atomic E-state index is 1.06. The molecule has 1 heterocycles. The second-order valence-electron chi connectivity index (χ2n) is 5.17. The van der Waals surface area contributed by atoms with Crippen LogP contribution in [0.15, 0.2) is 66.9 Å². The highest BCUT2D eigenvalue weighted by Crippen LogP contribution is 2.19. The Kier molecular flexibility index (Phi) is 10.2. The molecule has 0 bridgehead atoms. The van der Waals surface area contributed by atoms with Gasteiger partial charge in [0.2, 0.25) is 0 Å². The van der Waals surface area contributed by atoms with Crippen molar-refractivity contribution in [2.75, 3.05) is 0 Å². The molecule has 1 aromatic heterocycles. The summed E-state index contributed by atoms with van der Waals surface area (Å²) in [5, 5.41) is 1.20. The van der Waals surface area contributed by atoms with Crippen LogP contribution in [0.4, 0.5) is 0 Å². The fraction of sp³-hybridized carbons (Fsp3) is 0.348. The lowest BCUT2D eigenvalue weighted by Gasteiger charge is -2.13. The molecule has 1 aliphatic carbocycles. The Morgan fingerprint density at radius 1 is 0.625 bits per heavy atom. The topological polar surface area (TPSA) is 12.9 Å². The Balaban J connectivity index is 0.000000199. The van der Waals surface area contributed by atoms with Gasteiger partial charge in [-0.15, -0.1) is 0 Å². The molecule has 128 valence electrons. The lowest BCUT2D eigenvalue weighted by molar-refractivity contribution is 0.685. The molecule has 0 amide bonds. The first kappa shape index (κ1) is 19.9. The zero-order valence-corrected chi connectivity index (χ0v) is 15.6. The number of pyridine rings is 1. The molecule has 0 unspecified atom stereocenters.